The van der Waals surface area contributed by atoms with E-state index in [4.69, 9.17) is 23.2 Å². The zero-order chi connectivity index (χ0) is 20.2. The van der Waals surface area contributed by atoms with Crippen LogP contribution in [0.3, 0.4) is 0 Å². The molecular weight excluding hydrogens is 407 g/mol. The molecule has 0 aliphatic heterocycles. The highest BCUT2D eigenvalue weighted by atomic mass is 35.5. The Labute approximate surface area is 170 Å². The predicted octanol–water partition coefficient (Wildman–Crippen LogP) is 4.10. The molecule has 0 aromatic heterocycles. The van der Waals surface area contributed by atoms with Gasteiger partial charge in [-0.15, -0.1) is 0 Å². The molecule has 0 saturated carbocycles. The Morgan fingerprint density at radius 2 is 1.63 bits per heavy atom. The zero-order valence-corrected chi connectivity index (χ0v) is 17.7. The number of amides is 1. The van der Waals surface area contributed by atoms with Crippen molar-refractivity contribution >= 4 is 39.1 Å². The maximum Gasteiger partial charge on any atom is 0.243 e. The second-order valence-electron chi connectivity index (χ2n) is 7.12. The van der Waals surface area contributed by atoms with Gasteiger partial charge in [0.1, 0.15) is 0 Å². The number of benzene rings is 2. The zero-order valence-electron chi connectivity index (χ0n) is 15.4. The minimum Gasteiger partial charge on any atom is -0.350 e. The van der Waals surface area contributed by atoms with Gasteiger partial charge in [0, 0.05) is 22.1 Å². The summed E-state index contributed by atoms with van der Waals surface area (Å²) in [5, 5.41) is 3.65. The van der Waals surface area contributed by atoms with Crippen molar-refractivity contribution in [2.45, 2.75) is 37.8 Å². The summed E-state index contributed by atoms with van der Waals surface area (Å²) in [6, 6.07) is 12.8. The van der Waals surface area contributed by atoms with E-state index in [2.05, 4.69) is 5.32 Å². The molecule has 0 aliphatic rings. The first-order valence-electron chi connectivity index (χ1n) is 8.29. The number of hydrogen-bond donors (Lipinski definition) is 1. The number of carbonyl (C=O) groups excluding carboxylic acids is 1. The number of sulfonamides is 1. The lowest BCUT2D eigenvalue weighted by molar-refractivity contribution is -0.122. The monoisotopic (exact) mass is 428 g/mol. The summed E-state index contributed by atoms with van der Waals surface area (Å²) in [5.41, 5.74) is 0.136. The number of nitrogens with zero attached hydrogens (tertiary/aromatic N) is 1. The van der Waals surface area contributed by atoms with E-state index in [1.54, 1.807) is 24.3 Å². The Balaban J connectivity index is 2.37. The molecular formula is C19H22Cl2N2O3S. The van der Waals surface area contributed by atoms with E-state index in [1.807, 2.05) is 20.8 Å². The Bertz CT molecular complexity index is 907. The van der Waals surface area contributed by atoms with Crippen molar-refractivity contribution in [3.05, 3.63) is 64.1 Å². The first kappa shape index (κ1) is 21.7. The van der Waals surface area contributed by atoms with Crippen LogP contribution in [0.25, 0.3) is 0 Å². The minimum atomic E-state index is -3.93. The van der Waals surface area contributed by atoms with Crippen molar-refractivity contribution in [3.63, 3.8) is 0 Å². The van der Waals surface area contributed by atoms with Gasteiger partial charge in [0.2, 0.25) is 15.9 Å². The molecule has 1 amide bonds. The Morgan fingerprint density at radius 1 is 1.04 bits per heavy atom. The molecule has 146 valence electrons. The summed E-state index contributed by atoms with van der Waals surface area (Å²) in [7, 11) is -3.93. The normalized spacial score (nSPS) is 12.2. The maximum absolute atomic E-state index is 13.1. The molecule has 0 saturated heterocycles. The molecule has 0 bridgehead atoms. The van der Waals surface area contributed by atoms with Crippen molar-refractivity contribution < 1.29 is 13.2 Å². The van der Waals surface area contributed by atoms with Gasteiger partial charge in [0.05, 0.1) is 11.4 Å². The predicted molar refractivity (Wildman–Crippen MR) is 108 cm³/mol. The average molecular weight is 429 g/mol. The average Bonchev–Trinajstić information content (AvgIpc) is 2.55. The van der Waals surface area contributed by atoms with E-state index in [-0.39, 0.29) is 18.0 Å². The highest BCUT2D eigenvalue weighted by molar-refractivity contribution is 7.89. The lowest BCUT2D eigenvalue weighted by Gasteiger charge is -2.26. The number of rotatable bonds is 6. The van der Waals surface area contributed by atoms with Crippen LogP contribution in [0.5, 0.6) is 0 Å². The smallest absolute Gasteiger partial charge is 0.243 e. The van der Waals surface area contributed by atoms with Crippen LogP contribution < -0.4 is 5.32 Å². The number of nitrogens with one attached hydrogen (secondary N) is 1. The topological polar surface area (TPSA) is 66.5 Å². The van der Waals surface area contributed by atoms with E-state index >= 15 is 0 Å². The summed E-state index contributed by atoms with van der Waals surface area (Å²) < 4.78 is 27.3. The summed E-state index contributed by atoms with van der Waals surface area (Å²) in [6.07, 6.45) is 0. The highest BCUT2D eigenvalue weighted by Gasteiger charge is 2.28. The molecule has 0 aliphatic carbocycles. The first-order chi connectivity index (χ1) is 12.5. The van der Waals surface area contributed by atoms with Crippen molar-refractivity contribution in [2.24, 2.45) is 0 Å². The fourth-order valence-corrected chi connectivity index (χ4v) is 4.11. The summed E-state index contributed by atoms with van der Waals surface area (Å²) >= 11 is 12.0. The van der Waals surface area contributed by atoms with E-state index < -0.39 is 21.5 Å². The summed E-state index contributed by atoms with van der Waals surface area (Å²) in [6.45, 7) is 5.14. The van der Waals surface area contributed by atoms with Gasteiger partial charge in [-0.05, 0) is 56.7 Å². The second kappa shape index (κ2) is 8.61. The van der Waals surface area contributed by atoms with Gasteiger partial charge in [-0.25, -0.2) is 8.42 Å². The van der Waals surface area contributed by atoms with E-state index in [0.717, 1.165) is 4.31 Å². The van der Waals surface area contributed by atoms with E-state index in [1.165, 1.54) is 24.3 Å². The highest BCUT2D eigenvalue weighted by Crippen LogP contribution is 2.23. The van der Waals surface area contributed by atoms with Crippen LogP contribution in [-0.4, -0.2) is 30.7 Å². The Kier molecular flexibility index (Phi) is 6.92. The molecule has 0 atom stereocenters. The second-order valence-corrected chi connectivity index (χ2v) is 9.90. The maximum atomic E-state index is 13.1. The van der Waals surface area contributed by atoms with Crippen LogP contribution in [0.4, 0.5) is 0 Å². The summed E-state index contributed by atoms with van der Waals surface area (Å²) in [5.74, 6) is -0.396. The van der Waals surface area contributed by atoms with Gasteiger partial charge in [-0.1, -0.05) is 41.4 Å². The lowest BCUT2D eigenvalue weighted by atomic mass is 10.1. The number of carbonyl (C=O) groups is 1. The third kappa shape index (κ3) is 6.21. The molecule has 5 nitrogen and oxygen atoms in total. The SMILES string of the molecule is CC(C)(C)NC(=O)CN(Cc1ccccc1Cl)S(=O)(=O)c1ccc(Cl)cc1. The Hall–Kier alpha value is -1.60. The van der Waals surface area contributed by atoms with Gasteiger partial charge in [-0.3, -0.25) is 4.79 Å². The molecule has 2 aromatic rings. The third-order valence-corrected chi connectivity index (χ3v) is 6.02. The van der Waals surface area contributed by atoms with E-state index in [0.29, 0.717) is 15.6 Å². The minimum absolute atomic E-state index is 0.0256. The molecule has 0 spiro atoms. The molecule has 1 N–H and O–H groups in total. The fraction of sp³-hybridized carbons (Fsp3) is 0.316. The van der Waals surface area contributed by atoms with Crippen molar-refractivity contribution in [1.29, 1.82) is 0 Å². The van der Waals surface area contributed by atoms with E-state index in [9.17, 15) is 13.2 Å². The van der Waals surface area contributed by atoms with Crippen LogP contribution in [0.2, 0.25) is 10.0 Å². The Morgan fingerprint density at radius 3 is 2.19 bits per heavy atom. The summed E-state index contributed by atoms with van der Waals surface area (Å²) in [4.78, 5) is 12.5. The van der Waals surface area contributed by atoms with Crippen LogP contribution in [-0.2, 0) is 21.4 Å². The van der Waals surface area contributed by atoms with Crippen LogP contribution in [0, 0.1) is 0 Å². The molecule has 2 rings (SSSR count). The number of halogens is 2. The van der Waals surface area contributed by atoms with Crippen LogP contribution >= 0.6 is 23.2 Å². The molecule has 2 aromatic carbocycles. The first-order valence-corrected chi connectivity index (χ1v) is 10.5. The molecule has 8 heteroatoms. The molecule has 27 heavy (non-hydrogen) atoms. The van der Waals surface area contributed by atoms with Gasteiger partial charge in [0.25, 0.3) is 0 Å². The number of hydrogen-bond acceptors (Lipinski definition) is 3. The largest absolute Gasteiger partial charge is 0.350 e. The van der Waals surface area contributed by atoms with Crippen molar-refractivity contribution in [3.8, 4) is 0 Å². The lowest BCUT2D eigenvalue weighted by Crippen LogP contribution is -2.47. The van der Waals surface area contributed by atoms with Gasteiger partial charge in [-0.2, -0.15) is 4.31 Å². The van der Waals surface area contributed by atoms with Crippen LogP contribution in [0.1, 0.15) is 26.3 Å². The van der Waals surface area contributed by atoms with Gasteiger partial charge < -0.3 is 5.32 Å². The quantitative estimate of drug-likeness (QED) is 0.752. The third-order valence-electron chi connectivity index (χ3n) is 3.59. The molecule has 0 heterocycles. The standard InChI is InChI=1S/C19H22Cl2N2O3S/c1-19(2,3)22-18(24)13-23(12-14-6-4-5-7-17(14)21)27(25,26)16-10-8-15(20)9-11-16/h4-11H,12-13H2,1-3H3,(H,22,24). The van der Waals surface area contributed by atoms with Gasteiger partial charge in [0.15, 0.2) is 0 Å². The van der Waals surface area contributed by atoms with Crippen LogP contribution in [0.15, 0.2) is 53.4 Å². The molecule has 0 fully saturated rings. The van der Waals surface area contributed by atoms with Gasteiger partial charge >= 0.3 is 0 Å². The van der Waals surface area contributed by atoms with Crippen molar-refractivity contribution in [1.82, 2.24) is 9.62 Å². The molecule has 0 unspecified atom stereocenters. The molecule has 0 radical (unpaired) electrons. The van der Waals surface area contributed by atoms with Crippen molar-refractivity contribution in [2.75, 3.05) is 6.54 Å². The fourth-order valence-electron chi connectivity index (χ4n) is 2.42.